The van der Waals surface area contributed by atoms with Crippen molar-refractivity contribution in [3.63, 3.8) is 0 Å². The molecular formula is C14H12O2S2. The third-order valence-corrected chi connectivity index (χ3v) is 4.09. The van der Waals surface area contributed by atoms with E-state index in [1.54, 1.807) is 17.8 Å². The van der Waals surface area contributed by atoms with Crippen molar-refractivity contribution < 1.29 is 9.90 Å². The first-order valence-corrected chi connectivity index (χ1v) is 7.44. The van der Waals surface area contributed by atoms with Crippen LogP contribution >= 0.6 is 23.1 Å². The lowest BCUT2D eigenvalue weighted by molar-refractivity contribution is -0.130. The first-order chi connectivity index (χ1) is 8.70. The zero-order valence-electron chi connectivity index (χ0n) is 9.79. The monoisotopic (exact) mass is 276 g/mol. The van der Waals surface area contributed by atoms with E-state index in [1.807, 2.05) is 48.0 Å². The third-order valence-electron chi connectivity index (χ3n) is 2.44. The Kier molecular flexibility index (Phi) is 4.23. The maximum Gasteiger partial charge on any atom is 0.337 e. The number of aliphatic carboxylic acids is 1. The van der Waals surface area contributed by atoms with Crippen LogP contribution in [0.1, 0.15) is 10.4 Å². The summed E-state index contributed by atoms with van der Waals surface area (Å²) in [5.74, 6) is -0.897. The molecule has 0 spiro atoms. The van der Waals surface area contributed by atoms with Crippen LogP contribution in [0.25, 0.3) is 11.6 Å². The molecule has 0 aliphatic heterocycles. The molecule has 1 aromatic heterocycles. The molecule has 1 N–H and O–H groups in total. The number of thioether (sulfide) groups is 1. The summed E-state index contributed by atoms with van der Waals surface area (Å²) in [7, 11) is 0. The van der Waals surface area contributed by atoms with Gasteiger partial charge >= 0.3 is 5.97 Å². The summed E-state index contributed by atoms with van der Waals surface area (Å²) in [6, 6.07) is 11.5. The Morgan fingerprint density at radius 3 is 2.50 bits per heavy atom. The second kappa shape index (κ2) is 5.89. The van der Waals surface area contributed by atoms with E-state index in [0.29, 0.717) is 5.57 Å². The zero-order chi connectivity index (χ0) is 13.0. The Bertz CT molecular complexity index is 554. The van der Waals surface area contributed by atoms with Gasteiger partial charge in [-0.3, -0.25) is 0 Å². The van der Waals surface area contributed by atoms with Gasteiger partial charge in [-0.15, -0.1) is 23.1 Å². The maximum atomic E-state index is 11.3. The van der Waals surface area contributed by atoms with Crippen LogP contribution in [-0.4, -0.2) is 17.3 Å². The molecule has 0 saturated carbocycles. The average molecular weight is 276 g/mol. The second-order valence-corrected chi connectivity index (χ2v) is 5.44. The predicted molar refractivity (Wildman–Crippen MR) is 78.0 cm³/mol. The normalized spacial score (nSPS) is 11.5. The van der Waals surface area contributed by atoms with Gasteiger partial charge in [0.1, 0.15) is 0 Å². The number of carboxylic acids is 1. The van der Waals surface area contributed by atoms with Crippen molar-refractivity contribution in [1.29, 1.82) is 0 Å². The van der Waals surface area contributed by atoms with E-state index in [4.69, 9.17) is 0 Å². The van der Waals surface area contributed by atoms with Crippen LogP contribution in [0.3, 0.4) is 0 Å². The van der Waals surface area contributed by atoms with E-state index in [2.05, 4.69) is 0 Å². The van der Waals surface area contributed by atoms with Crippen molar-refractivity contribution in [1.82, 2.24) is 0 Å². The van der Waals surface area contributed by atoms with Gasteiger partial charge in [0.05, 0.1) is 5.57 Å². The Morgan fingerprint density at radius 2 is 2.00 bits per heavy atom. The molecule has 2 rings (SSSR count). The van der Waals surface area contributed by atoms with Gasteiger partial charge in [0.2, 0.25) is 0 Å². The van der Waals surface area contributed by atoms with Gasteiger partial charge in [0, 0.05) is 9.77 Å². The number of hydrogen-bond acceptors (Lipinski definition) is 3. The van der Waals surface area contributed by atoms with E-state index >= 15 is 0 Å². The highest BCUT2D eigenvalue weighted by molar-refractivity contribution is 7.98. The summed E-state index contributed by atoms with van der Waals surface area (Å²) in [6.45, 7) is 0. The van der Waals surface area contributed by atoms with E-state index < -0.39 is 5.97 Å². The second-order valence-electron chi connectivity index (χ2n) is 3.61. The quantitative estimate of drug-likeness (QED) is 0.675. The predicted octanol–water partition coefficient (Wildman–Crippen LogP) is 4.10. The van der Waals surface area contributed by atoms with Crippen LogP contribution in [0, 0.1) is 0 Å². The van der Waals surface area contributed by atoms with Crippen molar-refractivity contribution >= 4 is 40.7 Å². The fourth-order valence-electron chi connectivity index (χ4n) is 1.54. The number of rotatable bonds is 4. The first kappa shape index (κ1) is 12.9. The number of hydrogen-bond donors (Lipinski definition) is 1. The fourth-order valence-corrected chi connectivity index (χ4v) is 2.68. The first-order valence-electron chi connectivity index (χ1n) is 5.33. The summed E-state index contributed by atoms with van der Waals surface area (Å²) in [5.41, 5.74) is 1.24. The number of thiophene rings is 1. The Balaban J connectivity index is 2.36. The minimum Gasteiger partial charge on any atom is -0.478 e. The van der Waals surface area contributed by atoms with Crippen LogP contribution in [-0.2, 0) is 4.79 Å². The van der Waals surface area contributed by atoms with Gasteiger partial charge in [0.25, 0.3) is 0 Å². The number of carboxylic acid groups (broad SMARTS) is 1. The van der Waals surface area contributed by atoms with Crippen molar-refractivity contribution in [3.8, 4) is 0 Å². The van der Waals surface area contributed by atoms with Crippen LogP contribution in [0.4, 0.5) is 0 Å². The van der Waals surface area contributed by atoms with Gasteiger partial charge < -0.3 is 5.11 Å². The maximum absolute atomic E-state index is 11.3. The summed E-state index contributed by atoms with van der Waals surface area (Å²) < 4.78 is 0. The molecule has 92 valence electrons. The summed E-state index contributed by atoms with van der Waals surface area (Å²) in [4.78, 5) is 13.2. The molecule has 0 aliphatic carbocycles. The summed E-state index contributed by atoms with van der Waals surface area (Å²) >= 11 is 3.10. The van der Waals surface area contributed by atoms with E-state index in [0.717, 1.165) is 10.4 Å². The van der Waals surface area contributed by atoms with Crippen LogP contribution in [0.5, 0.6) is 0 Å². The lowest BCUT2D eigenvalue weighted by atomic mass is 10.1. The van der Waals surface area contributed by atoms with Gasteiger partial charge in [-0.25, -0.2) is 4.79 Å². The Hall–Kier alpha value is -1.52. The number of carbonyl (C=O) groups is 1. The fraction of sp³-hybridized carbons (Fsp3) is 0.0714. The Labute approximate surface area is 114 Å². The smallest absolute Gasteiger partial charge is 0.337 e. The molecule has 0 fully saturated rings. The molecule has 0 aliphatic rings. The topological polar surface area (TPSA) is 37.3 Å². The SMILES string of the molecule is CSc1ccc(C=C(C(=O)O)c2cccs2)cc1. The van der Waals surface area contributed by atoms with Crippen molar-refractivity contribution in [2.45, 2.75) is 4.90 Å². The van der Waals surface area contributed by atoms with Crippen LogP contribution in [0.15, 0.2) is 46.7 Å². The van der Waals surface area contributed by atoms with Crippen molar-refractivity contribution in [2.75, 3.05) is 6.26 Å². The summed E-state index contributed by atoms with van der Waals surface area (Å²) in [5, 5.41) is 11.1. The lowest BCUT2D eigenvalue weighted by Crippen LogP contribution is -1.97. The van der Waals surface area contributed by atoms with Crippen LogP contribution in [0.2, 0.25) is 0 Å². The van der Waals surface area contributed by atoms with Gasteiger partial charge in [-0.2, -0.15) is 0 Å². The average Bonchev–Trinajstić information content (AvgIpc) is 2.90. The molecular weight excluding hydrogens is 264 g/mol. The zero-order valence-corrected chi connectivity index (χ0v) is 11.4. The molecule has 1 heterocycles. The molecule has 4 heteroatoms. The lowest BCUT2D eigenvalue weighted by Gasteiger charge is -2.01. The molecule has 2 nitrogen and oxygen atoms in total. The minimum absolute atomic E-state index is 0.335. The highest BCUT2D eigenvalue weighted by Crippen LogP contribution is 2.24. The van der Waals surface area contributed by atoms with Gasteiger partial charge in [0.15, 0.2) is 0 Å². The Morgan fingerprint density at radius 1 is 1.28 bits per heavy atom. The molecule has 0 saturated heterocycles. The molecule has 0 atom stereocenters. The van der Waals surface area contributed by atoms with E-state index in [-0.39, 0.29) is 0 Å². The molecule has 0 bridgehead atoms. The van der Waals surface area contributed by atoms with Crippen molar-refractivity contribution in [3.05, 3.63) is 52.2 Å². The highest BCUT2D eigenvalue weighted by Gasteiger charge is 2.11. The van der Waals surface area contributed by atoms with Crippen LogP contribution < -0.4 is 0 Å². The van der Waals surface area contributed by atoms with Gasteiger partial charge in [-0.05, 0) is 41.5 Å². The molecule has 1 aromatic carbocycles. The van der Waals surface area contributed by atoms with Gasteiger partial charge in [-0.1, -0.05) is 18.2 Å². The van der Waals surface area contributed by atoms with E-state index in [1.165, 1.54) is 16.2 Å². The highest BCUT2D eigenvalue weighted by atomic mass is 32.2. The molecule has 0 unspecified atom stereocenters. The van der Waals surface area contributed by atoms with E-state index in [9.17, 15) is 9.90 Å². The third kappa shape index (κ3) is 3.03. The summed E-state index contributed by atoms with van der Waals surface area (Å²) in [6.07, 6.45) is 3.72. The largest absolute Gasteiger partial charge is 0.478 e. The van der Waals surface area contributed by atoms with Crippen molar-refractivity contribution in [2.24, 2.45) is 0 Å². The number of benzene rings is 1. The molecule has 2 aromatic rings. The molecule has 18 heavy (non-hydrogen) atoms. The minimum atomic E-state index is -0.897. The molecule has 0 amide bonds. The standard InChI is InChI=1S/C14H12O2S2/c1-17-11-6-4-10(5-7-11)9-12(14(15)16)13-3-2-8-18-13/h2-9H,1H3,(H,15,16). The molecule has 0 radical (unpaired) electrons.